The van der Waals surface area contributed by atoms with Gasteiger partial charge in [0.25, 0.3) is 0 Å². The second-order valence-electron chi connectivity index (χ2n) is 13.8. The van der Waals surface area contributed by atoms with E-state index in [1.807, 2.05) is 0 Å². The zero-order valence-corrected chi connectivity index (χ0v) is 28.2. The third kappa shape index (κ3) is 5.35. The summed E-state index contributed by atoms with van der Waals surface area (Å²) in [5.41, 5.74) is 22.9. The molecule has 0 radical (unpaired) electrons. The molecule has 1 nitrogen and oxygen atoms in total. The Morgan fingerprint density at radius 1 is 0.275 bits per heavy atom. The van der Waals surface area contributed by atoms with E-state index in [2.05, 4.69) is 187 Å². The molecule has 0 heterocycles. The number of fused-ring (bicyclic) bond motifs is 6. The van der Waals surface area contributed by atoms with Crippen LogP contribution >= 0.6 is 0 Å². The summed E-state index contributed by atoms with van der Waals surface area (Å²) in [4.78, 5) is 0. The Morgan fingerprint density at radius 3 is 1.45 bits per heavy atom. The van der Waals surface area contributed by atoms with Crippen LogP contribution < -0.4 is 5.32 Å². The lowest BCUT2D eigenvalue weighted by Crippen LogP contribution is -1.95. The fraction of sp³-hybridized carbons (Fsp3) is 0.0400. The average molecular weight is 650 g/mol. The molecule has 1 heteroatoms. The minimum absolute atomic E-state index is 0.952. The summed E-state index contributed by atoms with van der Waals surface area (Å²) in [7, 11) is 0. The van der Waals surface area contributed by atoms with Gasteiger partial charge in [-0.25, -0.2) is 0 Å². The summed E-state index contributed by atoms with van der Waals surface area (Å²) in [6, 6.07) is 66.8. The Kier molecular flexibility index (Phi) is 7.03. The van der Waals surface area contributed by atoms with E-state index in [-0.39, 0.29) is 0 Å². The smallest absolute Gasteiger partial charge is 0.0396 e. The maximum Gasteiger partial charge on any atom is 0.0396 e. The molecule has 0 aromatic heterocycles. The summed E-state index contributed by atoms with van der Waals surface area (Å²) < 4.78 is 0. The second kappa shape index (κ2) is 12.2. The van der Waals surface area contributed by atoms with Crippen LogP contribution in [0.5, 0.6) is 0 Å². The molecule has 1 N–H and O–H groups in total. The lowest BCUT2D eigenvalue weighted by Gasteiger charge is -2.17. The van der Waals surface area contributed by atoms with Crippen molar-refractivity contribution in [2.45, 2.75) is 12.8 Å². The van der Waals surface area contributed by atoms with Crippen molar-refractivity contribution in [3.63, 3.8) is 0 Å². The van der Waals surface area contributed by atoms with Crippen LogP contribution in [0.1, 0.15) is 22.3 Å². The predicted molar refractivity (Wildman–Crippen MR) is 214 cm³/mol. The third-order valence-corrected chi connectivity index (χ3v) is 10.7. The summed E-state index contributed by atoms with van der Waals surface area (Å²) in [5.74, 6) is 0. The SMILES string of the molecule is c1ccc(-c2cc(Nc3cc(-c4ccccc4)cc(-c4cccc5c4Cc4ccccc4-5)c3)cc(-c3ccc4c(c3)-c3ccccc3C4)c2)cc1. The first-order valence-electron chi connectivity index (χ1n) is 17.8. The summed E-state index contributed by atoms with van der Waals surface area (Å²) in [6.45, 7) is 0. The van der Waals surface area contributed by atoms with Gasteiger partial charge in [-0.3, -0.25) is 0 Å². The first kappa shape index (κ1) is 29.5. The van der Waals surface area contributed by atoms with E-state index in [1.54, 1.807) is 0 Å². The summed E-state index contributed by atoms with van der Waals surface area (Å²) in [6.07, 6.45) is 1.95. The molecular formula is C50H35N. The molecule has 0 atom stereocenters. The second-order valence-corrected chi connectivity index (χ2v) is 13.8. The van der Waals surface area contributed by atoms with E-state index in [0.717, 1.165) is 24.2 Å². The van der Waals surface area contributed by atoms with Crippen LogP contribution in [0.25, 0.3) is 66.8 Å². The lowest BCUT2D eigenvalue weighted by molar-refractivity contribution is 1.26. The Labute approximate surface area is 299 Å². The average Bonchev–Trinajstić information content (AvgIpc) is 3.76. The minimum Gasteiger partial charge on any atom is -0.355 e. The molecule has 0 spiro atoms. The van der Waals surface area contributed by atoms with Crippen LogP contribution in [-0.2, 0) is 12.8 Å². The van der Waals surface area contributed by atoms with Gasteiger partial charge in [0.15, 0.2) is 0 Å². The van der Waals surface area contributed by atoms with Crippen molar-refractivity contribution in [2.24, 2.45) is 0 Å². The first-order chi connectivity index (χ1) is 25.2. The van der Waals surface area contributed by atoms with E-state index in [0.29, 0.717) is 0 Å². The number of anilines is 2. The number of rotatable bonds is 6. The van der Waals surface area contributed by atoms with Gasteiger partial charge in [0.2, 0.25) is 0 Å². The van der Waals surface area contributed by atoms with Crippen molar-refractivity contribution in [1.82, 2.24) is 0 Å². The molecule has 0 amide bonds. The standard InChI is InChI=1S/C50H35N/c1-3-12-33(13-4-1)39-25-41(35-22-23-38-24-36-16-7-10-19-46(36)49(38)31-35)29-43(27-39)51-44-28-40(34-14-5-2-6-15-34)26-42(30-44)47-20-11-21-48-45-18-9-8-17-37(45)32-50(47)48/h1-23,25-31,51H,24,32H2. The van der Waals surface area contributed by atoms with Crippen molar-refractivity contribution in [3.05, 3.63) is 204 Å². The lowest BCUT2D eigenvalue weighted by atomic mass is 9.92. The number of hydrogen-bond acceptors (Lipinski definition) is 1. The van der Waals surface area contributed by atoms with Crippen molar-refractivity contribution in [1.29, 1.82) is 0 Å². The Hall–Kier alpha value is -6.44. The van der Waals surface area contributed by atoms with Crippen molar-refractivity contribution in [3.8, 4) is 66.8 Å². The molecule has 240 valence electrons. The number of hydrogen-bond donors (Lipinski definition) is 1. The van der Waals surface area contributed by atoms with E-state index >= 15 is 0 Å². The van der Waals surface area contributed by atoms with Crippen LogP contribution in [0.4, 0.5) is 11.4 Å². The topological polar surface area (TPSA) is 12.0 Å². The zero-order valence-electron chi connectivity index (χ0n) is 28.2. The fourth-order valence-electron chi connectivity index (χ4n) is 8.21. The molecule has 2 aliphatic carbocycles. The molecule has 8 aromatic rings. The molecule has 0 unspecified atom stereocenters. The quantitative estimate of drug-likeness (QED) is 0.189. The summed E-state index contributed by atoms with van der Waals surface area (Å²) in [5, 5.41) is 3.90. The Morgan fingerprint density at radius 2 is 0.765 bits per heavy atom. The van der Waals surface area contributed by atoms with E-state index in [1.165, 1.54) is 89.0 Å². The van der Waals surface area contributed by atoms with Gasteiger partial charge in [-0.15, -0.1) is 0 Å². The zero-order chi connectivity index (χ0) is 33.7. The van der Waals surface area contributed by atoms with E-state index in [4.69, 9.17) is 0 Å². The van der Waals surface area contributed by atoms with E-state index < -0.39 is 0 Å². The molecule has 0 bridgehead atoms. The van der Waals surface area contributed by atoms with Gasteiger partial charge in [0.05, 0.1) is 0 Å². The normalized spacial score (nSPS) is 12.2. The van der Waals surface area contributed by atoms with E-state index in [9.17, 15) is 0 Å². The molecule has 10 rings (SSSR count). The van der Waals surface area contributed by atoms with Gasteiger partial charge >= 0.3 is 0 Å². The minimum atomic E-state index is 0.952. The van der Waals surface area contributed by atoms with Crippen LogP contribution in [-0.4, -0.2) is 0 Å². The molecule has 51 heavy (non-hydrogen) atoms. The van der Waals surface area contributed by atoms with Crippen molar-refractivity contribution in [2.75, 3.05) is 5.32 Å². The molecule has 0 aliphatic heterocycles. The van der Waals surface area contributed by atoms with Crippen molar-refractivity contribution < 1.29 is 0 Å². The molecule has 2 aliphatic rings. The van der Waals surface area contributed by atoms with Gasteiger partial charge in [0.1, 0.15) is 0 Å². The fourth-order valence-corrected chi connectivity index (χ4v) is 8.21. The van der Waals surface area contributed by atoms with Crippen molar-refractivity contribution >= 4 is 11.4 Å². The number of nitrogens with one attached hydrogen (secondary N) is 1. The van der Waals surface area contributed by atoms with Crippen LogP contribution in [0.15, 0.2) is 182 Å². The highest BCUT2D eigenvalue weighted by Crippen LogP contribution is 2.44. The summed E-state index contributed by atoms with van der Waals surface area (Å²) >= 11 is 0. The van der Waals surface area contributed by atoms with Gasteiger partial charge < -0.3 is 5.32 Å². The molecular weight excluding hydrogens is 615 g/mol. The van der Waals surface area contributed by atoms with Crippen LogP contribution in [0.2, 0.25) is 0 Å². The molecule has 0 saturated carbocycles. The molecule has 8 aromatic carbocycles. The monoisotopic (exact) mass is 649 g/mol. The first-order valence-corrected chi connectivity index (χ1v) is 17.8. The number of benzene rings is 8. The van der Waals surface area contributed by atoms with Gasteiger partial charge in [-0.1, -0.05) is 140 Å². The Bertz CT molecular complexity index is 2600. The Balaban J connectivity index is 1.10. The largest absolute Gasteiger partial charge is 0.355 e. The van der Waals surface area contributed by atoms with Gasteiger partial charge in [0, 0.05) is 11.4 Å². The van der Waals surface area contributed by atoms with Crippen LogP contribution in [0, 0.1) is 0 Å². The predicted octanol–water partition coefficient (Wildman–Crippen LogP) is 13.2. The third-order valence-electron chi connectivity index (χ3n) is 10.7. The van der Waals surface area contributed by atoms with Gasteiger partial charge in [-0.05, 0) is 144 Å². The highest BCUT2D eigenvalue weighted by Gasteiger charge is 2.22. The maximum atomic E-state index is 3.90. The molecule has 0 saturated heterocycles. The van der Waals surface area contributed by atoms with Crippen LogP contribution in [0.3, 0.4) is 0 Å². The highest BCUT2D eigenvalue weighted by atomic mass is 14.9. The van der Waals surface area contributed by atoms with Gasteiger partial charge in [-0.2, -0.15) is 0 Å². The highest BCUT2D eigenvalue weighted by molar-refractivity contribution is 5.89. The maximum absolute atomic E-state index is 3.90. The molecule has 0 fully saturated rings.